The molecular formula is C51H46N4O6S2. The molecule has 0 aliphatic rings. The fourth-order valence-electron chi connectivity index (χ4n) is 6.83. The molecule has 0 aliphatic heterocycles. The lowest BCUT2D eigenvalue weighted by Gasteiger charge is -2.19. The van der Waals surface area contributed by atoms with Crippen LogP contribution in [0.15, 0.2) is 133 Å². The van der Waals surface area contributed by atoms with Gasteiger partial charge in [-0.3, -0.25) is 9.59 Å². The van der Waals surface area contributed by atoms with Crippen molar-refractivity contribution in [3.05, 3.63) is 166 Å². The Bertz CT molecular complexity index is 2990. The first kappa shape index (κ1) is 44.0. The Morgan fingerprint density at radius 3 is 1.33 bits per heavy atom. The molecule has 2 amide bonds. The van der Waals surface area contributed by atoms with Gasteiger partial charge in [-0.1, -0.05) is 126 Å². The largest absolute Gasteiger partial charge is 0.476 e. The Hall–Kier alpha value is -7.02. The van der Waals surface area contributed by atoms with Crippen molar-refractivity contribution in [3.63, 3.8) is 0 Å². The zero-order valence-corrected chi connectivity index (χ0v) is 37.5. The summed E-state index contributed by atoms with van der Waals surface area (Å²) < 4.78 is 6.25. The molecule has 0 saturated carbocycles. The van der Waals surface area contributed by atoms with Gasteiger partial charge < -0.3 is 20.5 Å². The van der Waals surface area contributed by atoms with E-state index in [-0.39, 0.29) is 32.7 Å². The van der Waals surface area contributed by atoms with E-state index in [2.05, 4.69) is 98.5 Å². The number of nitrogens with one attached hydrogen (secondary N) is 2. The van der Waals surface area contributed by atoms with Gasteiger partial charge in [0.1, 0.15) is 0 Å². The average Bonchev–Trinajstić information content (AvgIpc) is 3.90. The van der Waals surface area contributed by atoms with Crippen molar-refractivity contribution >= 4 is 78.2 Å². The molecule has 8 rings (SSSR count). The Balaban J connectivity index is 0.000000189. The van der Waals surface area contributed by atoms with Crippen LogP contribution in [-0.4, -0.2) is 45.9 Å². The average molecular weight is 875 g/mol. The van der Waals surface area contributed by atoms with Crippen LogP contribution < -0.4 is 10.6 Å². The number of carbonyl (C=O) groups is 4. The summed E-state index contributed by atoms with van der Waals surface area (Å²) in [6.45, 7) is 13.0. The van der Waals surface area contributed by atoms with E-state index in [0.29, 0.717) is 38.2 Å². The molecular weight excluding hydrogens is 829 g/mol. The van der Waals surface area contributed by atoms with Gasteiger partial charge in [0.2, 0.25) is 10.0 Å². The third kappa shape index (κ3) is 10.2. The van der Waals surface area contributed by atoms with Gasteiger partial charge in [-0.25, -0.2) is 19.6 Å². The van der Waals surface area contributed by atoms with E-state index in [1.165, 1.54) is 29.6 Å². The summed E-state index contributed by atoms with van der Waals surface area (Å²) in [5.74, 6) is -1.95. The van der Waals surface area contributed by atoms with Crippen LogP contribution in [0.1, 0.15) is 93.0 Å². The van der Waals surface area contributed by atoms with E-state index < -0.39 is 11.9 Å². The number of hydrogen-bond acceptors (Lipinski definition) is 9. The molecule has 0 bridgehead atoms. The molecule has 318 valence electrons. The second-order valence-electron chi connectivity index (χ2n) is 16.9. The summed E-state index contributed by atoms with van der Waals surface area (Å²) in [4.78, 5) is 57.4. The number of methoxy groups -OCH3 is 1. The van der Waals surface area contributed by atoms with Crippen LogP contribution in [0.5, 0.6) is 0 Å². The highest BCUT2D eigenvalue weighted by molar-refractivity contribution is 7.20. The molecule has 0 saturated heterocycles. The molecule has 63 heavy (non-hydrogen) atoms. The van der Waals surface area contributed by atoms with Gasteiger partial charge in [0.15, 0.2) is 0 Å². The van der Waals surface area contributed by atoms with Crippen LogP contribution in [0.25, 0.3) is 42.7 Å². The number of anilines is 2. The van der Waals surface area contributed by atoms with Gasteiger partial charge in [-0.05, 0) is 92.7 Å². The molecule has 0 radical (unpaired) electrons. The van der Waals surface area contributed by atoms with Gasteiger partial charge in [0.05, 0.1) is 27.5 Å². The van der Waals surface area contributed by atoms with Crippen LogP contribution in [0.4, 0.5) is 11.4 Å². The zero-order chi connectivity index (χ0) is 45.1. The summed E-state index contributed by atoms with van der Waals surface area (Å²) in [6, 6.07) is 42.3. The summed E-state index contributed by atoms with van der Waals surface area (Å²) in [7, 11) is 1.33. The normalized spacial score (nSPS) is 11.4. The van der Waals surface area contributed by atoms with Crippen molar-refractivity contribution in [2.24, 2.45) is 0 Å². The van der Waals surface area contributed by atoms with Gasteiger partial charge in [-0.2, -0.15) is 0 Å². The Labute approximate surface area is 373 Å². The number of esters is 1. The summed E-state index contributed by atoms with van der Waals surface area (Å²) in [5, 5.41) is 15.3. The van der Waals surface area contributed by atoms with Gasteiger partial charge >= 0.3 is 11.9 Å². The second-order valence-corrected chi connectivity index (χ2v) is 18.9. The van der Waals surface area contributed by atoms with Gasteiger partial charge in [0.25, 0.3) is 11.8 Å². The number of ether oxygens (including phenoxy) is 1. The first-order chi connectivity index (χ1) is 30.0. The number of carboxylic acids is 1. The Kier molecular flexibility index (Phi) is 12.7. The number of thiazole rings is 2. The van der Waals surface area contributed by atoms with Crippen molar-refractivity contribution in [2.45, 2.75) is 52.4 Å². The molecule has 2 aromatic heterocycles. The molecule has 0 unspecified atom stereocenters. The van der Waals surface area contributed by atoms with Crippen LogP contribution in [-0.2, 0) is 15.6 Å². The van der Waals surface area contributed by atoms with E-state index >= 15 is 0 Å². The fourth-order valence-corrected chi connectivity index (χ4v) is 8.60. The number of aromatic carboxylic acids is 1. The maximum Gasteiger partial charge on any atom is 0.367 e. The van der Waals surface area contributed by atoms with E-state index in [0.717, 1.165) is 38.3 Å². The number of rotatable bonds is 8. The Morgan fingerprint density at radius 2 is 0.937 bits per heavy atom. The number of aromatic nitrogens is 2. The number of hydrogen-bond donors (Lipinski definition) is 3. The maximum atomic E-state index is 13.1. The number of nitrogens with zero attached hydrogens (tertiary/aromatic N) is 2. The summed E-state index contributed by atoms with van der Waals surface area (Å²) >= 11 is 2.32. The van der Waals surface area contributed by atoms with Crippen LogP contribution in [0.2, 0.25) is 0 Å². The van der Waals surface area contributed by atoms with E-state index in [1.54, 1.807) is 36.4 Å². The number of amides is 2. The minimum Gasteiger partial charge on any atom is -0.476 e. The smallest absolute Gasteiger partial charge is 0.367 e. The highest BCUT2D eigenvalue weighted by Crippen LogP contribution is 2.32. The number of carboxylic acid groups (broad SMARTS) is 1. The van der Waals surface area contributed by atoms with Gasteiger partial charge in [0, 0.05) is 22.5 Å². The van der Waals surface area contributed by atoms with Crippen molar-refractivity contribution in [3.8, 4) is 22.3 Å². The van der Waals surface area contributed by atoms with Crippen molar-refractivity contribution in [2.75, 3.05) is 17.7 Å². The SMILES string of the molecule is CC(C)(C)c1ccc(-c2ccccc2C(=O)Nc2ccc3nc(C(=O)O)sc3c2)cc1.COC(=O)c1nc2ccc(NC(=O)c3ccccc3-c3ccc(C(C)(C)C)cc3)cc2s1. The highest BCUT2D eigenvalue weighted by atomic mass is 32.1. The van der Waals surface area contributed by atoms with Crippen LogP contribution >= 0.6 is 22.7 Å². The van der Waals surface area contributed by atoms with E-state index in [4.69, 9.17) is 9.84 Å². The van der Waals surface area contributed by atoms with Crippen molar-refractivity contribution < 1.29 is 29.0 Å². The highest BCUT2D eigenvalue weighted by Gasteiger charge is 2.19. The molecule has 0 spiro atoms. The minimum absolute atomic E-state index is 0.0301. The number of fused-ring (bicyclic) bond motifs is 2. The maximum absolute atomic E-state index is 13.1. The third-order valence-corrected chi connectivity index (χ3v) is 12.3. The number of carbonyl (C=O) groups excluding carboxylic acids is 3. The van der Waals surface area contributed by atoms with Gasteiger partial charge in [-0.15, -0.1) is 22.7 Å². The zero-order valence-electron chi connectivity index (χ0n) is 35.9. The third-order valence-electron chi connectivity index (χ3n) is 10.3. The molecule has 8 aromatic rings. The molecule has 0 aliphatic carbocycles. The Morgan fingerprint density at radius 1 is 0.540 bits per heavy atom. The monoisotopic (exact) mass is 874 g/mol. The fraction of sp³-hybridized carbons (Fsp3) is 0.176. The predicted molar refractivity (Wildman–Crippen MR) is 255 cm³/mol. The molecule has 0 atom stereocenters. The first-order valence-electron chi connectivity index (χ1n) is 20.1. The lowest BCUT2D eigenvalue weighted by molar-refractivity contribution is 0.0599. The summed E-state index contributed by atoms with van der Waals surface area (Å²) in [6.07, 6.45) is 0. The molecule has 0 fully saturated rings. The lowest BCUT2D eigenvalue weighted by atomic mass is 9.86. The van der Waals surface area contributed by atoms with Crippen LogP contribution in [0.3, 0.4) is 0 Å². The van der Waals surface area contributed by atoms with Crippen molar-refractivity contribution in [1.29, 1.82) is 0 Å². The second kappa shape index (κ2) is 18.1. The quantitative estimate of drug-likeness (QED) is 0.128. The van der Waals surface area contributed by atoms with Crippen molar-refractivity contribution in [1.82, 2.24) is 9.97 Å². The molecule has 3 N–H and O–H groups in total. The predicted octanol–water partition coefficient (Wildman–Crippen LogP) is 12.5. The first-order valence-corrected chi connectivity index (χ1v) is 21.8. The lowest BCUT2D eigenvalue weighted by Crippen LogP contribution is -2.13. The molecule has 6 aromatic carbocycles. The molecule has 12 heteroatoms. The summed E-state index contributed by atoms with van der Waals surface area (Å²) in [5.41, 5.74) is 9.98. The molecule has 10 nitrogen and oxygen atoms in total. The molecule has 2 heterocycles. The van der Waals surface area contributed by atoms with E-state index in [1.807, 2.05) is 60.7 Å². The van der Waals surface area contributed by atoms with Crippen LogP contribution in [0, 0.1) is 0 Å². The minimum atomic E-state index is -1.06. The van der Waals surface area contributed by atoms with E-state index in [9.17, 15) is 19.2 Å². The number of benzene rings is 6. The topological polar surface area (TPSA) is 148 Å². The standard InChI is InChI=1S/C26H24N2O3S.C25H22N2O3S/c1-26(2,3)17-11-9-16(10-12-17)19-7-5-6-8-20(19)23(29)27-18-13-14-21-22(15-18)32-24(28-21)25(30)31-4;1-25(2,3)16-10-8-15(9-11-16)18-6-4-5-7-19(18)22(28)26-17-12-13-20-21(14-17)31-23(27-20)24(29)30/h5-15H,1-4H3,(H,27,29);4-14H,1-3H3,(H,26,28)(H,29,30).